The van der Waals surface area contributed by atoms with Gasteiger partial charge in [-0.05, 0) is 51.6 Å². The van der Waals surface area contributed by atoms with Crippen molar-refractivity contribution < 1.29 is 9.53 Å². The van der Waals surface area contributed by atoms with Gasteiger partial charge in [-0.2, -0.15) is 0 Å². The Kier molecular flexibility index (Phi) is 5.83. The number of nitrogens with one attached hydrogen (secondary N) is 2. The van der Waals surface area contributed by atoms with E-state index in [2.05, 4.69) is 10.6 Å². The van der Waals surface area contributed by atoms with Gasteiger partial charge in [-0.15, -0.1) is 0 Å². The highest BCUT2D eigenvalue weighted by Crippen LogP contribution is 2.22. The van der Waals surface area contributed by atoms with E-state index >= 15 is 0 Å². The van der Waals surface area contributed by atoms with Crippen LogP contribution in [0.25, 0.3) is 0 Å². The van der Waals surface area contributed by atoms with Crippen molar-refractivity contribution in [3.63, 3.8) is 0 Å². The van der Waals surface area contributed by atoms with Crippen LogP contribution in [0.3, 0.4) is 0 Å². The first-order valence-corrected chi connectivity index (χ1v) is 6.66. The van der Waals surface area contributed by atoms with E-state index < -0.39 is 0 Å². The van der Waals surface area contributed by atoms with Gasteiger partial charge < -0.3 is 15.4 Å². The maximum atomic E-state index is 11.9. The summed E-state index contributed by atoms with van der Waals surface area (Å²) >= 11 is 0. The van der Waals surface area contributed by atoms with E-state index in [1.165, 1.54) is 0 Å². The molecule has 1 amide bonds. The molecule has 0 radical (unpaired) electrons. The summed E-state index contributed by atoms with van der Waals surface area (Å²) in [5.74, 6) is 0.791. The van der Waals surface area contributed by atoms with Crippen molar-refractivity contribution in [2.75, 3.05) is 18.9 Å². The lowest BCUT2D eigenvalue weighted by atomic mass is 10.1. The number of anilines is 1. The topological polar surface area (TPSA) is 50.4 Å². The third-order valence-corrected chi connectivity index (χ3v) is 2.79. The highest BCUT2D eigenvalue weighted by molar-refractivity contribution is 5.93. The second kappa shape index (κ2) is 7.14. The van der Waals surface area contributed by atoms with Crippen LogP contribution in [-0.2, 0) is 4.79 Å². The molecule has 0 saturated carbocycles. The summed E-state index contributed by atoms with van der Waals surface area (Å²) in [6.45, 7) is 8.51. The van der Waals surface area contributed by atoms with Crippen molar-refractivity contribution in [2.45, 2.75) is 33.8 Å². The number of amides is 1. The van der Waals surface area contributed by atoms with Gasteiger partial charge in [-0.1, -0.05) is 6.92 Å². The van der Waals surface area contributed by atoms with Crippen LogP contribution in [0.2, 0.25) is 0 Å². The Morgan fingerprint density at radius 1 is 1.32 bits per heavy atom. The first kappa shape index (κ1) is 15.5. The molecule has 0 spiro atoms. The Hall–Kier alpha value is -1.55. The fraction of sp³-hybridized carbons (Fsp3) is 0.533. The van der Waals surface area contributed by atoms with Crippen LogP contribution >= 0.6 is 0 Å². The Morgan fingerprint density at radius 3 is 2.53 bits per heavy atom. The van der Waals surface area contributed by atoms with E-state index in [1.807, 2.05) is 52.9 Å². The van der Waals surface area contributed by atoms with Gasteiger partial charge in [0.2, 0.25) is 5.91 Å². The van der Waals surface area contributed by atoms with Crippen LogP contribution in [0, 0.1) is 12.8 Å². The summed E-state index contributed by atoms with van der Waals surface area (Å²) in [5.41, 5.74) is 1.84. The van der Waals surface area contributed by atoms with Crippen LogP contribution in [-0.4, -0.2) is 25.6 Å². The fourth-order valence-electron chi connectivity index (χ4n) is 1.78. The molecule has 1 rings (SSSR count). The molecule has 0 heterocycles. The van der Waals surface area contributed by atoms with E-state index in [0.717, 1.165) is 17.0 Å². The number of ether oxygens (including phenoxy) is 1. The second-order valence-corrected chi connectivity index (χ2v) is 5.09. The molecule has 1 atom stereocenters. The van der Waals surface area contributed by atoms with Crippen LogP contribution < -0.4 is 15.4 Å². The molecule has 4 heteroatoms. The lowest BCUT2D eigenvalue weighted by molar-refractivity contribution is -0.119. The molecule has 1 aromatic carbocycles. The van der Waals surface area contributed by atoms with Gasteiger partial charge in [0.05, 0.1) is 6.10 Å². The summed E-state index contributed by atoms with van der Waals surface area (Å²) in [4.78, 5) is 11.9. The monoisotopic (exact) mass is 264 g/mol. The number of carbonyl (C=O) groups is 1. The van der Waals surface area contributed by atoms with Crippen LogP contribution in [0.4, 0.5) is 5.69 Å². The maximum absolute atomic E-state index is 11.9. The van der Waals surface area contributed by atoms with Gasteiger partial charge in [0.15, 0.2) is 0 Å². The molecule has 0 aliphatic heterocycles. The normalized spacial score (nSPS) is 12.3. The molecule has 0 aliphatic carbocycles. The summed E-state index contributed by atoms with van der Waals surface area (Å²) < 4.78 is 5.62. The molecule has 0 aliphatic rings. The first-order valence-electron chi connectivity index (χ1n) is 6.66. The van der Waals surface area contributed by atoms with E-state index in [-0.39, 0.29) is 17.9 Å². The van der Waals surface area contributed by atoms with Crippen molar-refractivity contribution in [3.8, 4) is 5.75 Å². The highest BCUT2D eigenvalue weighted by atomic mass is 16.5. The van der Waals surface area contributed by atoms with E-state index in [0.29, 0.717) is 6.54 Å². The number of hydrogen-bond acceptors (Lipinski definition) is 3. The average molecular weight is 264 g/mol. The molecule has 0 saturated heterocycles. The lowest BCUT2D eigenvalue weighted by Gasteiger charge is -2.15. The molecule has 4 nitrogen and oxygen atoms in total. The van der Waals surface area contributed by atoms with Crippen molar-refractivity contribution in [1.82, 2.24) is 5.32 Å². The molecule has 106 valence electrons. The number of benzene rings is 1. The van der Waals surface area contributed by atoms with Gasteiger partial charge in [0.25, 0.3) is 0 Å². The SMILES string of the molecule is CNCC(C)C(=O)Nc1ccc(OC(C)C)cc1C. The predicted molar refractivity (Wildman–Crippen MR) is 78.7 cm³/mol. The highest BCUT2D eigenvalue weighted by Gasteiger charge is 2.13. The second-order valence-electron chi connectivity index (χ2n) is 5.09. The number of rotatable bonds is 6. The number of aryl methyl sites for hydroxylation is 1. The van der Waals surface area contributed by atoms with Gasteiger partial charge in [0, 0.05) is 18.2 Å². The Balaban J connectivity index is 2.72. The maximum Gasteiger partial charge on any atom is 0.228 e. The Labute approximate surface area is 115 Å². The van der Waals surface area contributed by atoms with Crippen LogP contribution in [0.1, 0.15) is 26.3 Å². The average Bonchev–Trinajstić information content (AvgIpc) is 2.32. The summed E-state index contributed by atoms with van der Waals surface area (Å²) in [6.07, 6.45) is 0.149. The zero-order valence-electron chi connectivity index (χ0n) is 12.4. The van der Waals surface area contributed by atoms with Crippen molar-refractivity contribution in [1.29, 1.82) is 0 Å². The molecular formula is C15H24N2O2. The van der Waals surface area contributed by atoms with Gasteiger partial charge in [-0.3, -0.25) is 4.79 Å². The van der Waals surface area contributed by atoms with Gasteiger partial charge >= 0.3 is 0 Å². The Bertz CT molecular complexity index is 430. The molecule has 0 aromatic heterocycles. The molecule has 2 N–H and O–H groups in total. The first-order chi connectivity index (χ1) is 8.93. The minimum atomic E-state index is -0.0593. The smallest absolute Gasteiger partial charge is 0.228 e. The number of hydrogen-bond donors (Lipinski definition) is 2. The minimum absolute atomic E-state index is 0.0231. The summed E-state index contributed by atoms with van der Waals surface area (Å²) in [6, 6.07) is 5.71. The largest absolute Gasteiger partial charge is 0.491 e. The zero-order chi connectivity index (χ0) is 14.4. The number of carbonyl (C=O) groups excluding carboxylic acids is 1. The summed E-state index contributed by atoms with van der Waals surface area (Å²) in [5, 5.41) is 5.94. The van der Waals surface area contributed by atoms with Crippen molar-refractivity contribution in [3.05, 3.63) is 23.8 Å². The third kappa shape index (κ3) is 4.91. The molecule has 0 bridgehead atoms. The lowest BCUT2D eigenvalue weighted by Crippen LogP contribution is -2.28. The van der Waals surface area contributed by atoms with Crippen LogP contribution in [0.5, 0.6) is 5.75 Å². The van der Waals surface area contributed by atoms with E-state index in [1.54, 1.807) is 0 Å². The molecule has 0 fully saturated rings. The van der Waals surface area contributed by atoms with Crippen molar-refractivity contribution >= 4 is 11.6 Å². The molecule has 19 heavy (non-hydrogen) atoms. The predicted octanol–water partition coefficient (Wildman–Crippen LogP) is 2.58. The quantitative estimate of drug-likeness (QED) is 0.830. The van der Waals surface area contributed by atoms with Crippen LogP contribution in [0.15, 0.2) is 18.2 Å². The third-order valence-electron chi connectivity index (χ3n) is 2.79. The fourth-order valence-corrected chi connectivity index (χ4v) is 1.78. The Morgan fingerprint density at radius 2 is 2.00 bits per heavy atom. The molecule has 1 unspecified atom stereocenters. The van der Waals surface area contributed by atoms with Gasteiger partial charge in [0.1, 0.15) is 5.75 Å². The van der Waals surface area contributed by atoms with Crippen molar-refractivity contribution in [2.24, 2.45) is 5.92 Å². The minimum Gasteiger partial charge on any atom is -0.491 e. The zero-order valence-corrected chi connectivity index (χ0v) is 12.4. The van der Waals surface area contributed by atoms with E-state index in [4.69, 9.17) is 4.74 Å². The molecular weight excluding hydrogens is 240 g/mol. The van der Waals surface area contributed by atoms with Gasteiger partial charge in [-0.25, -0.2) is 0 Å². The van der Waals surface area contributed by atoms with E-state index in [9.17, 15) is 4.79 Å². The summed E-state index contributed by atoms with van der Waals surface area (Å²) in [7, 11) is 1.84. The molecule has 1 aromatic rings. The standard InChI is InChI=1S/C15H24N2O2/c1-10(2)19-13-6-7-14(11(3)8-13)17-15(18)12(4)9-16-5/h6-8,10,12,16H,9H2,1-5H3,(H,17,18).